The minimum absolute atomic E-state index is 0.00545. The van der Waals surface area contributed by atoms with Gasteiger partial charge in [0.05, 0.1) is 5.75 Å². The van der Waals surface area contributed by atoms with Gasteiger partial charge in [0.15, 0.2) is 0 Å². The number of rotatable bonds is 4. The Kier molecular flexibility index (Phi) is 4.96. The Labute approximate surface area is 161 Å². The average molecular weight is 384 g/mol. The lowest BCUT2D eigenvalue weighted by Crippen LogP contribution is -2.14. The first-order valence-corrected chi connectivity index (χ1v) is 10.7. The van der Waals surface area contributed by atoms with E-state index < -0.39 is 0 Å². The normalized spacial score (nSPS) is 13.6. The van der Waals surface area contributed by atoms with Crippen LogP contribution in [0.15, 0.2) is 29.6 Å². The molecule has 1 amide bonds. The molecule has 0 fully saturated rings. The third-order valence-electron chi connectivity index (χ3n) is 4.85. The molecule has 0 radical (unpaired) electrons. The van der Waals surface area contributed by atoms with E-state index in [-0.39, 0.29) is 5.91 Å². The minimum atomic E-state index is -0.00545. The number of nitrogens with zero attached hydrogens (tertiary/aromatic N) is 2. The molecule has 0 saturated carbocycles. The van der Waals surface area contributed by atoms with Crippen molar-refractivity contribution in [3.63, 3.8) is 0 Å². The van der Waals surface area contributed by atoms with Crippen molar-refractivity contribution in [2.45, 2.75) is 44.6 Å². The van der Waals surface area contributed by atoms with E-state index in [2.05, 4.69) is 29.1 Å². The summed E-state index contributed by atoms with van der Waals surface area (Å²) in [5, 5.41) is 5.10. The number of amides is 1. The molecule has 0 bridgehead atoms. The number of fused-ring (bicyclic) bond motifs is 3. The van der Waals surface area contributed by atoms with E-state index in [4.69, 9.17) is 0 Å². The summed E-state index contributed by atoms with van der Waals surface area (Å²) in [4.78, 5) is 23.8. The predicted octanol–water partition coefficient (Wildman–Crippen LogP) is 4.92. The molecular weight excluding hydrogens is 362 g/mol. The number of benzene rings is 1. The van der Waals surface area contributed by atoms with Gasteiger partial charge in [-0.1, -0.05) is 17.8 Å². The number of carbonyl (C=O) groups excluding carboxylic acids is 1. The van der Waals surface area contributed by atoms with Crippen molar-refractivity contribution >= 4 is 44.9 Å². The fourth-order valence-electron chi connectivity index (χ4n) is 3.32. The van der Waals surface area contributed by atoms with Crippen LogP contribution in [0.1, 0.15) is 34.4 Å². The fraction of sp³-hybridized carbons (Fsp3) is 0.350. The van der Waals surface area contributed by atoms with Crippen LogP contribution in [0.2, 0.25) is 0 Å². The first kappa shape index (κ1) is 17.5. The highest BCUT2D eigenvalue weighted by Gasteiger charge is 2.20. The third-order valence-corrected chi connectivity index (χ3v) is 7.04. The monoisotopic (exact) mass is 383 g/mol. The van der Waals surface area contributed by atoms with Crippen molar-refractivity contribution in [1.82, 2.24) is 9.97 Å². The van der Waals surface area contributed by atoms with Crippen LogP contribution in [0.5, 0.6) is 0 Å². The van der Waals surface area contributed by atoms with Gasteiger partial charge in [0.2, 0.25) is 5.91 Å². The van der Waals surface area contributed by atoms with Crippen LogP contribution < -0.4 is 5.32 Å². The molecule has 2 heterocycles. The summed E-state index contributed by atoms with van der Waals surface area (Å²) in [6, 6.07) is 5.99. The molecule has 0 saturated heterocycles. The van der Waals surface area contributed by atoms with Gasteiger partial charge in [-0.2, -0.15) is 0 Å². The summed E-state index contributed by atoms with van der Waals surface area (Å²) in [5.74, 6) is 0.345. The molecule has 134 valence electrons. The maximum absolute atomic E-state index is 12.4. The van der Waals surface area contributed by atoms with Gasteiger partial charge in [-0.05, 0) is 68.4 Å². The first-order valence-electron chi connectivity index (χ1n) is 8.87. The van der Waals surface area contributed by atoms with Crippen LogP contribution in [0.25, 0.3) is 10.2 Å². The summed E-state index contributed by atoms with van der Waals surface area (Å²) >= 11 is 3.29. The number of carbonyl (C=O) groups is 1. The fourth-order valence-corrected chi connectivity index (χ4v) is 5.44. The van der Waals surface area contributed by atoms with Gasteiger partial charge < -0.3 is 5.32 Å². The molecule has 0 aliphatic heterocycles. The van der Waals surface area contributed by atoms with E-state index in [1.807, 2.05) is 18.2 Å². The lowest BCUT2D eigenvalue weighted by atomic mass is 9.97. The summed E-state index contributed by atoms with van der Waals surface area (Å²) in [6.45, 7) is 4.12. The molecule has 1 aliphatic rings. The zero-order chi connectivity index (χ0) is 18.1. The van der Waals surface area contributed by atoms with E-state index in [0.717, 1.165) is 28.4 Å². The van der Waals surface area contributed by atoms with Crippen molar-refractivity contribution < 1.29 is 4.79 Å². The van der Waals surface area contributed by atoms with Gasteiger partial charge >= 0.3 is 0 Å². The van der Waals surface area contributed by atoms with Gasteiger partial charge in [-0.15, -0.1) is 11.3 Å². The number of anilines is 1. The van der Waals surface area contributed by atoms with Gasteiger partial charge in [-0.3, -0.25) is 4.79 Å². The lowest BCUT2D eigenvalue weighted by Gasteiger charge is -2.11. The number of hydrogen-bond donors (Lipinski definition) is 1. The van der Waals surface area contributed by atoms with E-state index >= 15 is 0 Å². The molecule has 26 heavy (non-hydrogen) atoms. The highest BCUT2D eigenvalue weighted by Crippen LogP contribution is 2.39. The highest BCUT2D eigenvalue weighted by molar-refractivity contribution is 8.00. The van der Waals surface area contributed by atoms with Crippen LogP contribution in [0, 0.1) is 13.8 Å². The second kappa shape index (κ2) is 7.37. The highest BCUT2D eigenvalue weighted by atomic mass is 32.2. The molecule has 1 N–H and O–H groups in total. The SMILES string of the molecule is Cc1ccc(NC(=O)CSc2ncnc3sc4c(c23)CCCC4)cc1C. The predicted molar refractivity (Wildman–Crippen MR) is 109 cm³/mol. The smallest absolute Gasteiger partial charge is 0.234 e. The number of thiophene rings is 1. The Morgan fingerprint density at radius 3 is 2.88 bits per heavy atom. The van der Waals surface area contributed by atoms with Crippen molar-refractivity contribution in [3.8, 4) is 0 Å². The van der Waals surface area contributed by atoms with E-state index in [9.17, 15) is 4.79 Å². The molecule has 0 spiro atoms. The van der Waals surface area contributed by atoms with Gasteiger partial charge in [0.1, 0.15) is 16.2 Å². The second-order valence-electron chi connectivity index (χ2n) is 6.71. The van der Waals surface area contributed by atoms with Gasteiger partial charge in [0.25, 0.3) is 0 Å². The molecule has 3 aromatic rings. The van der Waals surface area contributed by atoms with Crippen LogP contribution in [-0.4, -0.2) is 21.6 Å². The largest absolute Gasteiger partial charge is 0.325 e. The number of aryl methyl sites for hydroxylation is 4. The Balaban J connectivity index is 1.50. The number of hydrogen-bond acceptors (Lipinski definition) is 5. The van der Waals surface area contributed by atoms with Crippen LogP contribution in [0.3, 0.4) is 0 Å². The summed E-state index contributed by atoms with van der Waals surface area (Å²) in [6.07, 6.45) is 6.35. The molecule has 6 heteroatoms. The zero-order valence-electron chi connectivity index (χ0n) is 15.0. The van der Waals surface area contributed by atoms with Crippen LogP contribution >= 0.6 is 23.1 Å². The number of aromatic nitrogens is 2. The molecule has 1 aliphatic carbocycles. The standard InChI is InChI=1S/C20H21N3OS2/c1-12-7-8-14(9-13(12)2)23-17(24)10-25-19-18-15-5-3-4-6-16(15)26-20(18)22-11-21-19/h7-9,11H,3-6,10H2,1-2H3,(H,23,24). The van der Waals surface area contributed by atoms with Crippen molar-refractivity contribution in [2.75, 3.05) is 11.1 Å². The summed E-state index contributed by atoms with van der Waals surface area (Å²) in [5.41, 5.74) is 4.66. The van der Waals surface area contributed by atoms with Crippen molar-refractivity contribution in [1.29, 1.82) is 0 Å². The van der Waals surface area contributed by atoms with Crippen LogP contribution in [-0.2, 0) is 17.6 Å². The van der Waals surface area contributed by atoms with E-state index in [0.29, 0.717) is 5.75 Å². The van der Waals surface area contributed by atoms with Gasteiger partial charge in [-0.25, -0.2) is 9.97 Å². The first-order chi connectivity index (χ1) is 12.6. The molecule has 0 unspecified atom stereocenters. The number of nitrogens with one attached hydrogen (secondary N) is 1. The van der Waals surface area contributed by atoms with Crippen LogP contribution in [0.4, 0.5) is 5.69 Å². The maximum Gasteiger partial charge on any atom is 0.234 e. The lowest BCUT2D eigenvalue weighted by molar-refractivity contribution is -0.113. The van der Waals surface area contributed by atoms with Crippen molar-refractivity contribution in [2.24, 2.45) is 0 Å². The minimum Gasteiger partial charge on any atom is -0.325 e. The second-order valence-corrected chi connectivity index (χ2v) is 8.75. The van der Waals surface area contributed by atoms with Gasteiger partial charge in [0, 0.05) is 16.0 Å². The topological polar surface area (TPSA) is 54.9 Å². The summed E-state index contributed by atoms with van der Waals surface area (Å²) in [7, 11) is 0. The molecule has 4 nitrogen and oxygen atoms in total. The Morgan fingerprint density at radius 1 is 1.19 bits per heavy atom. The number of thioether (sulfide) groups is 1. The Bertz CT molecular complexity index is 981. The summed E-state index contributed by atoms with van der Waals surface area (Å²) < 4.78 is 0. The Hall–Kier alpha value is -1.92. The van der Waals surface area contributed by atoms with E-state index in [1.54, 1.807) is 17.7 Å². The zero-order valence-corrected chi connectivity index (χ0v) is 16.6. The average Bonchev–Trinajstić information content (AvgIpc) is 3.02. The third kappa shape index (κ3) is 3.48. The van der Waals surface area contributed by atoms with Crippen molar-refractivity contribution in [3.05, 3.63) is 46.1 Å². The van der Waals surface area contributed by atoms with E-state index in [1.165, 1.54) is 51.6 Å². The molecule has 1 aromatic carbocycles. The maximum atomic E-state index is 12.4. The molecule has 0 atom stereocenters. The Morgan fingerprint density at radius 2 is 2.04 bits per heavy atom. The quantitative estimate of drug-likeness (QED) is 0.513. The molecule has 2 aromatic heterocycles. The molecular formula is C20H21N3OS2. The molecule has 4 rings (SSSR count).